The fraction of sp³-hybridized carbons (Fsp3) is 0.588. The van der Waals surface area contributed by atoms with Crippen LogP contribution in [0.4, 0.5) is 0 Å². The maximum atomic E-state index is 12.7. The molecule has 132 valence electrons. The van der Waals surface area contributed by atoms with Crippen molar-refractivity contribution >= 4 is 5.91 Å². The van der Waals surface area contributed by atoms with Gasteiger partial charge in [0.05, 0.1) is 5.69 Å². The second kappa shape index (κ2) is 6.09. The lowest BCUT2D eigenvalue weighted by molar-refractivity contribution is -0.133. The zero-order valence-electron chi connectivity index (χ0n) is 14.3. The number of aromatic nitrogens is 5. The van der Waals surface area contributed by atoms with E-state index in [1.807, 2.05) is 18.0 Å². The van der Waals surface area contributed by atoms with Crippen LogP contribution in [0.25, 0.3) is 0 Å². The van der Waals surface area contributed by atoms with Gasteiger partial charge in [0, 0.05) is 37.5 Å². The Morgan fingerprint density at radius 3 is 3.08 bits per heavy atom. The van der Waals surface area contributed by atoms with Crippen LogP contribution in [0.5, 0.6) is 0 Å². The Labute approximate surface area is 145 Å². The van der Waals surface area contributed by atoms with Crippen molar-refractivity contribution in [3.8, 4) is 0 Å². The molecule has 1 aliphatic carbocycles. The van der Waals surface area contributed by atoms with Gasteiger partial charge in [-0.15, -0.1) is 0 Å². The third-order valence-electron chi connectivity index (χ3n) is 5.42. The number of fused-ring (bicyclic) bond motifs is 2. The molecule has 0 aromatic carbocycles. The second-order valence-electron chi connectivity index (χ2n) is 7.11. The van der Waals surface area contributed by atoms with Gasteiger partial charge in [-0.25, -0.2) is 19.9 Å². The van der Waals surface area contributed by atoms with E-state index in [9.17, 15) is 9.59 Å². The Morgan fingerprint density at radius 2 is 2.28 bits per heavy atom. The van der Waals surface area contributed by atoms with E-state index in [2.05, 4.69) is 20.2 Å². The molecule has 0 saturated carbocycles. The van der Waals surface area contributed by atoms with E-state index in [0.29, 0.717) is 18.7 Å². The molecule has 2 aliphatic rings. The highest BCUT2D eigenvalue weighted by molar-refractivity contribution is 5.76. The van der Waals surface area contributed by atoms with Crippen LogP contribution < -0.4 is 5.69 Å². The summed E-state index contributed by atoms with van der Waals surface area (Å²) in [6.45, 7) is 3.44. The summed E-state index contributed by atoms with van der Waals surface area (Å²) in [6.07, 6.45) is 6.84. The quantitative estimate of drug-likeness (QED) is 0.851. The van der Waals surface area contributed by atoms with Crippen LogP contribution in [0, 0.1) is 6.92 Å². The highest BCUT2D eigenvalue weighted by atomic mass is 16.2. The number of nitrogens with zero attached hydrogens (tertiary/aromatic N) is 4. The molecule has 0 bridgehead atoms. The number of piperidine rings is 1. The predicted molar refractivity (Wildman–Crippen MR) is 90.1 cm³/mol. The molecule has 1 fully saturated rings. The first kappa shape index (κ1) is 16.0. The molecule has 1 atom stereocenters. The summed E-state index contributed by atoms with van der Waals surface area (Å²) in [6, 6.07) is 0. The lowest BCUT2D eigenvalue weighted by atomic mass is 9.77. The summed E-state index contributed by atoms with van der Waals surface area (Å²) in [4.78, 5) is 37.3. The van der Waals surface area contributed by atoms with E-state index in [-0.39, 0.29) is 17.0 Å². The van der Waals surface area contributed by atoms with E-state index < -0.39 is 0 Å². The van der Waals surface area contributed by atoms with Gasteiger partial charge >= 0.3 is 5.69 Å². The van der Waals surface area contributed by atoms with Gasteiger partial charge in [0.2, 0.25) is 5.91 Å². The minimum absolute atomic E-state index is 0.0163. The fourth-order valence-corrected chi connectivity index (χ4v) is 4.18. The van der Waals surface area contributed by atoms with E-state index in [1.54, 1.807) is 0 Å². The molecular weight excluding hydrogens is 320 g/mol. The van der Waals surface area contributed by atoms with Crippen LogP contribution >= 0.6 is 0 Å². The van der Waals surface area contributed by atoms with Crippen LogP contribution in [-0.2, 0) is 23.1 Å². The topological polar surface area (TPSA) is 108 Å². The second-order valence-corrected chi connectivity index (χ2v) is 7.11. The maximum absolute atomic E-state index is 12.7. The molecule has 3 heterocycles. The van der Waals surface area contributed by atoms with Gasteiger partial charge in [-0.05, 0) is 38.2 Å². The van der Waals surface area contributed by atoms with Crippen molar-refractivity contribution in [3.63, 3.8) is 0 Å². The van der Waals surface area contributed by atoms with Crippen molar-refractivity contribution in [1.29, 1.82) is 0 Å². The SMILES string of the molecule is Cc1ncc2c(n1)C1(CCCN(C(=O)CCc3n[nH]c(=O)[nH]3)C1)CC2. The Balaban J connectivity index is 1.47. The minimum atomic E-state index is -0.336. The number of nitrogens with one attached hydrogen (secondary N) is 2. The van der Waals surface area contributed by atoms with Crippen LogP contribution in [-0.4, -0.2) is 49.0 Å². The average Bonchev–Trinajstić information content (AvgIpc) is 3.17. The van der Waals surface area contributed by atoms with Crippen molar-refractivity contribution in [2.24, 2.45) is 0 Å². The zero-order valence-corrected chi connectivity index (χ0v) is 14.3. The molecule has 4 rings (SSSR count). The molecule has 1 spiro atoms. The predicted octanol–water partition coefficient (Wildman–Crippen LogP) is 0.636. The summed E-state index contributed by atoms with van der Waals surface area (Å²) in [5.74, 6) is 1.44. The summed E-state index contributed by atoms with van der Waals surface area (Å²) in [7, 11) is 0. The van der Waals surface area contributed by atoms with Crippen molar-refractivity contribution in [3.05, 3.63) is 39.6 Å². The van der Waals surface area contributed by atoms with Gasteiger partial charge in [-0.1, -0.05) is 0 Å². The zero-order chi connectivity index (χ0) is 17.4. The molecule has 8 nitrogen and oxygen atoms in total. The van der Waals surface area contributed by atoms with Crippen LogP contribution in [0.1, 0.15) is 48.6 Å². The molecule has 0 radical (unpaired) electrons. The van der Waals surface area contributed by atoms with Crippen molar-refractivity contribution < 1.29 is 4.79 Å². The smallest absolute Gasteiger partial charge is 0.340 e. The number of likely N-dealkylation sites (tertiary alicyclic amines) is 1. The molecule has 8 heteroatoms. The first-order valence-electron chi connectivity index (χ1n) is 8.80. The summed E-state index contributed by atoms with van der Waals surface area (Å²) in [5, 5.41) is 6.19. The van der Waals surface area contributed by atoms with Gasteiger partial charge < -0.3 is 4.90 Å². The molecule has 1 amide bonds. The Hall–Kier alpha value is -2.51. The third-order valence-corrected chi connectivity index (χ3v) is 5.42. The average molecular weight is 342 g/mol. The van der Waals surface area contributed by atoms with Crippen LogP contribution in [0.2, 0.25) is 0 Å². The van der Waals surface area contributed by atoms with Crippen molar-refractivity contribution in [2.45, 2.75) is 50.9 Å². The highest BCUT2D eigenvalue weighted by Crippen LogP contribution is 2.43. The molecule has 2 aromatic heterocycles. The van der Waals surface area contributed by atoms with Gasteiger partial charge in [-0.3, -0.25) is 9.78 Å². The largest absolute Gasteiger partial charge is 0.342 e. The molecule has 2 aromatic rings. The number of H-pyrrole nitrogens is 2. The first-order valence-corrected chi connectivity index (χ1v) is 8.80. The highest BCUT2D eigenvalue weighted by Gasteiger charge is 2.44. The number of aromatic amines is 2. The van der Waals surface area contributed by atoms with E-state index in [1.165, 1.54) is 5.56 Å². The number of rotatable bonds is 3. The summed E-state index contributed by atoms with van der Waals surface area (Å²) < 4.78 is 0. The van der Waals surface area contributed by atoms with Gasteiger partial charge in [0.25, 0.3) is 0 Å². The summed E-state index contributed by atoms with van der Waals surface area (Å²) in [5.41, 5.74) is 2.03. The van der Waals surface area contributed by atoms with E-state index in [4.69, 9.17) is 4.98 Å². The number of carbonyl (C=O) groups excluding carboxylic acids is 1. The van der Waals surface area contributed by atoms with Gasteiger partial charge in [0.15, 0.2) is 0 Å². The van der Waals surface area contributed by atoms with E-state index >= 15 is 0 Å². The standard InChI is InChI=1S/C17H22N6O2/c1-11-18-9-12-5-7-17(15(12)19-11)6-2-8-23(10-17)14(24)4-3-13-20-16(25)22-21-13/h9H,2-8,10H2,1H3,(H2,20,21,22,25). The first-order chi connectivity index (χ1) is 12.1. The monoisotopic (exact) mass is 342 g/mol. The third kappa shape index (κ3) is 2.96. The van der Waals surface area contributed by atoms with E-state index in [0.717, 1.165) is 50.3 Å². The molecule has 1 aliphatic heterocycles. The number of amides is 1. The number of carbonyl (C=O) groups is 1. The van der Waals surface area contributed by atoms with Crippen molar-refractivity contribution in [2.75, 3.05) is 13.1 Å². The van der Waals surface area contributed by atoms with Crippen LogP contribution in [0.3, 0.4) is 0 Å². The Kier molecular flexibility index (Phi) is 3.89. The fourth-order valence-electron chi connectivity index (χ4n) is 4.18. The summed E-state index contributed by atoms with van der Waals surface area (Å²) >= 11 is 0. The normalized spacial score (nSPS) is 22.4. The molecule has 1 unspecified atom stereocenters. The number of aryl methyl sites for hydroxylation is 3. The Bertz CT molecular complexity index is 853. The molecule has 2 N–H and O–H groups in total. The molecule has 1 saturated heterocycles. The number of hydrogen-bond acceptors (Lipinski definition) is 5. The lowest BCUT2D eigenvalue weighted by Crippen LogP contribution is -2.48. The van der Waals surface area contributed by atoms with Crippen molar-refractivity contribution in [1.82, 2.24) is 30.0 Å². The van der Waals surface area contributed by atoms with Gasteiger partial charge in [0.1, 0.15) is 11.6 Å². The lowest BCUT2D eigenvalue weighted by Gasteiger charge is -2.40. The molecule has 25 heavy (non-hydrogen) atoms. The minimum Gasteiger partial charge on any atom is -0.342 e. The number of hydrogen-bond donors (Lipinski definition) is 2. The Morgan fingerprint density at radius 1 is 1.40 bits per heavy atom. The maximum Gasteiger partial charge on any atom is 0.340 e. The van der Waals surface area contributed by atoms with Crippen LogP contribution in [0.15, 0.2) is 11.0 Å². The molecular formula is C17H22N6O2. The van der Waals surface area contributed by atoms with Gasteiger partial charge in [-0.2, -0.15) is 5.10 Å².